The van der Waals surface area contributed by atoms with E-state index in [1.807, 2.05) is 50.5 Å². The number of fused-ring (bicyclic) bond motifs is 1. The predicted molar refractivity (Wildman–Crippen MR) is 149 cm³/mol. The summed E-state index contributed by atoms with van der Waals surface area (Å²) in [4.78, 5) is 41.1. The van der Waals surface area contributed by atoms with Gasteiger partial charge in [0.1, 0.15) is 10.6 Å². The number of hydrogen-bond donors (Lipinski definition) is 2. The maximum atomic E-state index is 13.5. The van der Waals surface area contributed by atoms with Crippen molar-refractivity contribution in [2.45, 2.75) is 53.4 Å². The molecule has 0 atom stereocenters. The smallest absolute Gasteiger partial charge is 0.339 e. The van der Waals surface area contributed by atoms with Crippen molar-refractivity contribution in [2.75, 3.05) is 4.90 Å². The number of benzene rings is 1. The number of carbonyl (C=O) groups is 3. The number of nitrogens with zero attached hydrogens (tertiary/aromatic N) is 2. The molecular formula is C28H27N3O4S2. The maximum absolute atomic E-state index is 13.5. The molecule has 2 N–H and O–H groups in total. The lowest BCUT2D eigenvalue weighted by Gasteiger charge is -2.29. The molecule has 5 rings (SSSR count). The topological polar surface area (TPSA) is 91.6 Å². The maximum Gasteiger partial charge on any atom is 0.339 e. The summed E-state index contributed by atoms with van der Waals surface area (Å²) in [5.74, 6) is -1.99. The van der Waals surface area contributed by atoms with E-state index in [1.165, 1.54) is 16.2 Å². The van der Waals surface area contributed by atoms with Gasteiger partial charge in [-0.15, -0.1) is 11.3 Å². The molecule has 0 unspecified atom stereocenters. The minimum absolute atomic E-state index is 0.0315. The molecule has 0 spiro atoms. The number of nitrogens with one attached hydrogen (secondary N) is 1. The van der Waals surface area contributed by atoms with Crippen LogP contribution >= 0.6 is 23.6 Å². The average Bonchev–Trinajstić information content (AvgIpc) is 3.35. The summed E-state index contributed by atoms with van der Waals surface area (Å²) in [6.07, 6.45) is 5.27. The highest BCUT2D eigenvalue weighted by molar-refractivity contribution is 7.80. The van der Waals surface area contributed by atoms with Crippen molar-refractivity contribution in [1.29, 1.82) is 0 Å². The average molecular weight is 534 g/mol. The number of thiocarbonyl (C=S) groups is 1. The molecule has 1 aliphatic heterocycles. The third-order valence-corrected chi connectivity index (χ3v) is 8.75. The molecule has 9 heteroatoms. The number of thiophene rings is 1. The van der Waals surface area contributed by atoms with Gasteiger partial charge >= 0.3 is 5.97 Å². The lowest BCUT2D eigenvalue weighted by atomic mass is 9.95. The Balaban J connectivity index is 1.59. The summed E-state index contributed by atoms with van der Waals surface area (Å²) in [5, 5.41) is 13.4. The monoisotopic (exact) mass is 533 g/mol. The van der Waals surface area contributed by atoms with E-state index < -0.39 is 17.8 Å². The summed E-state index contributed by atoms with van der Waals surface area (Å²) < 4.78 is 1.93. The summed E-state index contributed by atoms with van der Waals surface area (Å²) >= 11 is 6.86. The Morgan fingerprint density at radius 1 is 1.08 bits per heavy atom. The van der Waals surface area contributed by atoms with Gasteiger partial charge in [-0.2, -0.15) is 0 Å². The molecule has 1 aromatic carbocycles. The van der Waals surface area contributed by atoms with Crippen LogP contribution in [0.4, 0.5) is 5.69 Å². The zero-order valence-corrected chi connectivity index (χ0v) is 22.7. The third kappa shape index (κ3) is 4.22. The highest BCUT2D eigenvalue weighted by Gasteiger charge is 2.35. The van der Waals surface area contributed by atoms with Gasteiger partial charge < -0.3 is 9.67 Å². The second kappa shape index (κ2) is 9.39. The fraction of sp³-hybridized carbons (Fsp3) is 0.286. The highest BCUT2D eigenvalue weighted by atomic mass is 32.1. The van der Waals surface area contributed by atoms with Crippen LogP contribution in [0.25, 0.3) is 11.1 Å². The van der Waals surface area contributed by atoms with Crippen LogP contribution < -0.4 is 10.2 Å². The first-order valence-corrected chi connectivity index (χ1v) is 13.4. The molecule has 3 aromatic rings. The molecule has 0 saturated carbocycles. The molecule has 37 heavy (non-hydrogen) atoms. The number of carboxylic acid groups (broad SMARTS) is 1. The number of aromatic carboxylic acids is 1. The Morgan fingerprint density at radius 2 is 1.81 bits per heavy atom. The fourth-order valence-corrected chi connectivity index (χ4v) is 6.86. The molecule has 2 aliphatic rings. The van der Waals surface area contributed by atoms with Gasteiger partial charge in [0.05, 0.1) is 11.3 Å². The Bertz CT molecular complexity index is 1540. The van der Waals surface area contributed by atoms with Crippen LogP contribution in [0.5, 0.6) is 0 Å². The lowest BCUT2D eigenvalue weighted by Crippen LogP contribution is -2.54. The number of hydrogen-bond acceptors (Lipinski definition) is 5. The van der Waals surface area contributed by atoms with Gasteiger partial charge in [0.25, 0.3) is 11.8 Å². The second-order valence-electron chi connectivity index (χ2n) is 9.58. The van der Waals surface area contributed by atoms with Crippen LogP contribution in [0, 0.1) is 27.7 Å². The van der Waals surface area contributed by atoms with Gasteiger partial charge in [-0.1, -0.05) is 6.07 Å². The molecule has 0 radical (unpaired) electrons. The van der Waals surface area contributed by atoms with Crippen LogP contribution in [-0.2, 0) is 22.4 Å². The molecule has 1 saturated heterocycles. The quantitative estimate of drug-likeness (QED) is 0.274. The molecule has 2 amide bonds. The SMILES string of the molecule is Cc1ccc(N2C(=O)/C(=C/c3cc(C)n(-c4sc5c(c4C(=O)O)CCCC5)c3C)C(=O)NC2=S)cc1C. The largest absolute Gasteiger partial charge is 0.478 e. The van der Waals surface area contributed by atoms with Crippen molar-refractivity contribution < 1.29 is 19.5 Å². The normalized spacial score (nSPS) is 16.8. The first-order valence-electron chi connectivity index (χ1n) is 12.1. The summed E-state index contributed by atoms with van der Waals surface area (Å²) in [6.45, 7) is 7.71. The van der Waals surface area contributed by atoms with Crippen molar-refractivity contribution in [3.63, 3.8) is 0 Å². The van der Waals surface area contributed by atoms with E-state index in [1.54, 1.807) is 12.1 Å². The van der Waals surface area contributed by atoms with E-state index in [2.05, 4.69) is 5.32 Å². The van der Waals surface area contributed by atoms with Crippen molar-refractivity contribution >= 4 is 58.2 Å². The lowest BCUT2D eigenvalue weighted by molar-refractivity contribution is -0.122. The standard InChI is InChI=1S/C28H27N3O4S2/c1-14-9-10-19(11-15(14)2)31-25(33)21(24(32)29-28(31)36)13-18-12-16(3)30(17(18)4)26-23(27(34)35)20-7-5-6-8-22(20)37-26/h9-13H,5-8H2,1-4H3,(H,34,35)(H,29,32,36)/b21-13+. The van der Waals surface area contributed by atoms with Gasteiger partial charge in [0.2, 0.25) is 0 Å². The molecule has 7 nitrogen and oxygen atoms in total. The van der Waals surface area contributed by atoms with Gasteiger partial charge in [-0.05, 0) is 112 Å². The van der Waals surface area contributed by atoms with Crippen molar-refractivity contribution in [1.82, 2.24) is 9.88 Å². The summed E-state index contributed by atoms with van der Waals surface area (Å²) in [5.41, 5.74) is 6.21. The van der Waals surface area contributed by atoms with Crippen LogP contribution in [0.2, 0.25) is 0 Å². The predicted octanol–water partition coefficient (Wildman–Crippen LogP) is 5.18. The Kier molecular flexibility index (Phi) is 6.37. The minimum atomic E-state index is -0.929. The van der Waals surface area contributed by atoms with Gasteiger partial charge in [0, 0.05) is 16.3 Å². The molecule has 190 valence electrons. The Labute approximate surface area is 224 Å². The van der Waals surface area contributed by atoms with Crippen LogP contribution in [0.15, 0.2) is 29.8 Å². The Hall–Kier alpha value is -3.56. The molecule has 1 fully saturated rings. The molecule has 2 aromatic heterocycles. The number of carbonyl (C=O) groups excluding carboxylic acids is 2. The summed E-state index contributed by atoms with van der Waals surface area (Å²) in [6, 6.07) is 7.46. The van der Waals surface area contributed by atoms with Crippen molar-refractivity contribution in [3.8, 4) is 5.00 Å². The number of rotatable bonds is 4. The van der Waals surface area contributed by atoms with E-state index in [0.717, 1.165) is 58.6 Å². The number of aromatic nitrogens is 1. The highest BCUT2D eigenvalue weighted by Crippen LogP contribution is 2.39. The molecule has 1 aliphatic carbocycles. The second-order valence-corrected chi connectivity index (χ2v) is 11.1. The first kappa shape index (κ1) is 25.1. The van der Waals surface area contributed by atoms with Crippen LogP contribution in [0.3, 0.4) is 0 Å². The third-order valence-electron chi connectivity index (χ3n) is 7.19. The van der Waals surface area contributed by atoms with Crippen molar-refractivity contribution in [2.24, 2.45) is 0 Å². The van der Waals surface area contributed by atoms with E-state index in [9.17, 15) is 19.5 Å². The van der Waals surface area contributed by atoms with E-state index in [0.29, 0.717) is 21.8 Å². The molecule has 0 bridgehead atoms. The van der Waals surface area contributed by atoms with Gasteiger partial charge in [0.15, 0.2) is 5.11 Å². The van der Waals surface area contributed by atoms with E-state index in [-0.39, 0.29) is 10.7 Å². The number of aryl methyl sites for hydroxylation is 4. The number of anilines is 1. The minimum Gasteiger partial charge on any atom is -0.478 e. The van der Waals surface area contributed by atoms with Crippen molar-refractivity contribution in [3.05, 3.63) is 73.9 Å². The van der Waals surface area contributed by atoms with Gasteiger partial charge in [-0.25, -0.2) is 4.79 Å². The van der Waals surface area contributed by atoms with E-state index >= 15 is 0 Å². The number of amides is 2. The zero-order valence-electron chi connectivity index (χ0n) is 21.1. The van der Waals surface area contributed by atoms with E-state index in [4.69, 9.17) is 12.2 Å². The molecular weight excluding hydrogens is 506 g/mol. The zero-order chi connectivity index (χ0) is 26.6. The van der Waals surface area contributed by atoms with Gasteiger partial charge in [-0.3, -0.25) is 19.8 Å². The summed E-state index contributed by atoms with van der Waals surface area (Å²) in [7, 11) is 0. The number of carboxylic acids is 1. The Morgan fingerprint density at radius 3 is 2.51 bits per heavy atom. The van der Waals surface area contributed by atoms with Crippen LogP contribution in [-0.4, -0.2) is 32.6 Å². The van der Waals surface area contributed by atoms with Crippen LogP contribution in [0.1, 0.15) is 61.7 Å². The molecule has 3 heterocycles. The first-order chi connectivity index (χ1) is 17.6. The fourth-order valence-electron chi connectivity index (χ4n) is 5.09.